The summed E-state index contributed by atoms with van der Waals surface area (Å²) in [6.45, 7) is 0.525. The fourth-order valence-electron chi connectivity index (χ4n) is 2.40. The van der Waals surface area contributed by atoms with Crippen LogP contribution in [0.1, 0.15) is 10.4 Å². The largest absolute Gasteiger partial charge is 0.508 e. The standard InChI is InChI=1S/C17H15ClN2O4/c18-12-2-1-3-13(8-12)20-10-15(24-17(20)23)9-19-16(22)11-4-6-14(21)7-5-11/h1-8,15,21H,9-10H2,(H,19,22). The van der Waals surface area contributed by atoms with Crippen molar-refractivity contribution in [3.05, 3.63) is 59.1 Å². The Morgan fingerprint density at radius 3 is 2.75 bits per heavy atom. The van der Waals surface area contributed by atoms with Crippen molar-refractivity contribution in [3.8, 4) is 5.75 Å². The van der Waals surface area contributed by atoms with Gasteiger partial charge in [0.2, 0.25) is 0 Å². The number of hydrogen-bond acceptors (Lipinski definition) is 4. The van der Waals surface area contributed by atoms with E-state index in [1.807, 2.05) is 0 Å². The maximum absolute atomic E-state index is 12.0. The van der Waals surface area contributed by atoms with Crippen LogP contribution in [0.5, 0.6) is 5.75 Å². The zero-order valence-corrected chi connectivity index (χ0v) is 13.4. The van der Waals surface area contributed by atoms with Gasteiger partial charge < -0.3 is 15.2 Å². The number of cyclic esters (lactones) is 1. The van der Waals surface area contributed by atoms with E-state index < -0.39 is 12.2 Å². The van der Waals surface area contributed by atoms with E-state index in [2.05, 4.69) is 5.32 Å². The Morgan fingerprint density at radius 1 is 1.29 bits per heavy atom. The van der Waals surface area contributed by atoms with Gasteiger partial charge in [-0.15, -0.1) is 0 Å². The lowest BCUT2D eigenvalue weighted by Crippen LogP contribution is -2.34. The van der Waals surface area contributed by atoms with Crippen LogP contribution in [0.2, 0.25) is 5.02 Å². The van der Waals surface area contributed by atoms with Crippen LogP contribution in [-0.4, -0.2) is 36.3 Å². The van der Waals surface area contributed by atoms with Crippen molar-refractivity contribution in [1.82, 2.24) is 5.32 Å². The molecule has 6 nitrogen and oxygen atoms in total. The van der Waals surface area contributed by atoms with Gasteiger partial charge in [0.25, 0.3) is 5.91 Å². The molecule has 0 aliphatic carbocycles. The molecule has 24 heavy (non-hydrogen) atoms. The highest BCUT2D eigenvalue weighted by Gasteiger charge is 2.32. The van der Waals surface area contributed by atoms with Crippen molar-refractivity contribution in [3.63, 3.8) is 0 Å². The second-order valence-electron chi connectivity index (χ2n) is 5.35. The number of rotatable bonds is 4. The van der Waals surface area contributed by atoms with E-state index in [1.165, 1.54) is 29.2 Å². The van der Waals surface area contributed by atoms with E-state index in [4.69, 9.17) is 16.3 Å². The third-order valence-electron chi connectivity index (χ3n) is 3.61. The second kappa shape index (κ2) is 6.80. The molecule has 0 saturated carbocycles. The Balaban J connectivity index is 1.58. The molecular formula is C17H15ClN2O4. The zero-order chi connectivity index (χ0) is 17.1. The third-order valence-corrected chi connectivity index (χ3v) is 3.85. The number of carbonyl (C=O) groups excluding carboxylic acids is 2. The van der Waals surface area contributed by atoms with E-state index in [0.29, 0.717) is 22.8 Å². The summed E-state index contributed by atoms with van der Waals surface area (Å²) in [6, 6.07) is 12.8. The summed E-state index contributed by atoms with van der Waals surface area (Å²) in [5.41, 5.74) is 1.07. The molecule has 0 spiro atoms. The van der Waals surface area contributed by atoms with Crippen molar-refractivity contribution < 1.29 is 19.4 Å². The molecule has 7 heteroatoms. The molecular weight excluding hydrogens is 332 g/mol. The quantitative estimate of drug-likeness (QED) is 0.892. The number of nitrogens with one attached hydrogen (secondary N) is 1. The first-order valence-corrected chi connectivity index (χ1v) is 7.71. The molecule has 2 aromatic rings. The Morgan fingerprint density at radius 2 is 2.04 bits per heavy atom. The van der Waals surface area contributed by atoms with Crippen LogP contribution < -0.4 is 10.2 Å². The normalized spacial score (nSPS) is 16.8. The van der Waals surface area contributed by atoms with E-state index in [-0.39, 0.29) is 18.2 Å². The van der Waals surface area contributed by atoms with Gasteiger partial charge in [0.15, 0.2) is 0 Å². The molecule has 3 rings (SSSR count). The van der Waals surface area contributed by atoms with Crippen LogP contribution in [-0.2, 0) is 4.74 Å². The number of phenols is 1. The highest BCUT2D eigenvalue weighted by atomic mass is 35.5. The molecule has 1 fully saturated rings. The SMILES string of the molecule is O=C(NCC1CN(c2cccc(Cl)c2)C(=O)O1)c1ccc(O)cc1. The summed E-state index contributed by atoms with van der Waals surface area (Å²) < 4.78 is 5.26. The number of phenolic OH excluding ortho intramolecular Hbond substituents is 1. The summed E-state index contributed by atoms with van der Waals surface area (Å²) in [7, 11) is 0. The lowest BCUT2D eigenvalue weighted by molar-refractivity contribution is 0.0916. The predicted octanol–water partition coefficient (Wildman–Crippen LogP) is 2.80. The fourth-order valence-corrected chi connectivity index (χ4v) is 2.59. The number of ether oxygens (including phenoxy) is 1. The van der Waals surface area contributed by atoms with Crippen LogP contribution in [0.3, 0.4) is 0 Å². The smallest absolute Gasteiger partial charge is 0.414 e. The molecule has 1 unspecified atom stereocenters. The minimum atomic E-state index is -0.471. The maximum Gasteiger partial charge on any atom is 0.414 e. The van der Waals surface area contributed by atoms with Gasteiger partial charge in [-0.3, -0.25) is 9.69 Å². The molecule has 0 radical (unpaired) electrons. The summed E-state index contributed by atoms with van der Waals surface area (Å²) in [6.07, 6.45) is -0.918. The van der Waals surface area contributed by atoms with Crippen LogP contribution in [0, 0.1) is 0 Å². The molecule has 1 aliphatic heterocycles. The lowest BCUT2D eigenvalue weighted by atomic mass is 10.2. The maximum atomic E-state index is 12.0. The van der Waals surface area contributed by atoms with E-state index in [9.17, 15) is 14.7 Å². The van der Waals surface area contributed by atoms with Crippen molar-refractivity contribution in [1.29, 1.82) is 0 Å². The van der Waals surface area contributed by atoms with E-state index in [1.54, 1.807) is 24.3 Å². The Labute approximate surface area is 143 Å². The number of carbonyl (C=O) groups is 2. The molecule has 2 N–H and O–H groups in total. The van der Waals surface area contributed by atoms with Crippen LogP contribution in [0.15, 0.2) is 48.5 Å². The van der Waals surface area contributed by atoms with Gasteiger partial charge in [0.1, 0.15) is 11.9 Å². The van der Waals surface area contributed by atoms with E-state index >= 15 is 0 Å². The number of benzene rings is 2. The number of aromatic hydroxyl groups is 1. The van der Waals surface area contributed by atoms with Gasteiger partial charge in [0.05, 0.1) is 13.1 Å². The summed E-state index contributed by atoms with van der Waals surface area (Å²) in [5.74, 6) is -0.208. The molecule has 1 heterocycles. The number of anilines is 1. The Bertz CT molecular complexity index is 763. The van der Waals surface area contributed by atoms with Crippen LogP contribution in [0.4, 0.5) is 10.5 Å². The minimum Gasteiger partial charge on any atom is -0.508 e. The monoisotopic (exact) mass is 346 g/mol. The van der Waals surface area contributed by atoms with Gasteiger partial charge in [-0.1, -0.05) is 17.7 Å². The lowest BCUT2D eigenvalue weighted by Gasteiger charge is -2.13. The third kappa shape index (κ3) is 3.60. The Kier molecular flexibility index (Phi) is 4.57. The van der Waals surface area contributed by atoms with Gasteiger partial charge >= 0.3 is 6.09 Å². The highest BCUT2D eigenvalue weighted by Crippen LogP contribution is 2.24. The first-order valence-electron chi connectivity index (χ1n) is 7.34. The minimum absolute atomic E-state index is 0.0911. The zero-order valence-electron chi connectivity index (χ0n) is 12.6. The van der Waals surface area contributed by atoms with Gasteiger partial charge in [-0.25, -0.2) is 4.79 Å². The van der Waals surface area contributed by atoms with Gasteiger partial charge in [-0.2, -0.15) is 0 Å². The molecule has 1 saturated heterocycles. The molecule has 2 aromatic carbocycles. The molecule has 1 aliphatic rings. The fraction of sp³-hybridized carbons (Fsp3) is 0.176. The molecule has 2 amide bonds. The number of halogens is 1. The van der Waals surface area contributed by atoms with Crippen molar-refractivity contribution >= 4 is 29.3 Å². The Hall–Kier alpha value is -2.73. The van der Waals surface area contributed by atoms with Gasteiger partial charge in [-0.05, 0) is 42.5 Å². The van der Waals surface area contributed by atoms with Crippen molar-refractivity contribution in [2.75, 3.05) is 18.0 Å². The highest BCUT2D eigenvalue weighted by molar-refractivity contribution is 6.30. The summed E-state index contributed by atoms with van der Waals surface area (Å²) in [5, 5.41) is 12.5. The topological polar surface area (TPSA) is 78.9 Å². The average Bonchev–Trinajstić information content (AvgIpc) is 2.94. The number of hydrogen-bond donors (Lipinski definition) is 2. The molecule has 0 bridgehead atoms. The van der Waals surface area contributed by atoms with Crippen LogP contribution >= 0.6 is 11.6 Å². The van der Waals surface area contributed by atoms with Crippen LogP contribution in [0.25, 0.3) is 0 Å². The first-order chi connectivity index (χ1) is 11.5. The van der Waals surface area contributed by atoms with E-state index in [0.717, 1.165) is 0 Å². The number of amides is 2. The predicted molar refractivity (Wildman–Crippen MR) is 89.5 cm³/mol. The average molecular weight is 347 g/mol. The summed E-state index contributed by atoms with van der Waals surface area (Å²) in [4.78, 5) is 25.5. The van der Waals surface area contributed by atoms with Crippen molar-refractivity contribution in [2.24, 2.45) is 0 Å². The van der Waals surface area contributed by atoms with Crippen molar-refractivity contribution in [2.45, 2.75) is 6.10 Å². The second-order valence-corrected chi connectivity index (χ2v) is 5.79. The van der Waals surface area contributed by atoms with Gasteiger partial charge in [0, 0.05) is 16.3 Å². The molecule has 1 atom stereocenters. The molecule has 0 aromatic heterocycles. The first kappa shape index (κ1) is 16.1. The summed E-state index contributed by atoms with van der Waals surface area (Å²) >= 11 is 5.94. The molecule has 124 valence electrons. The number of nitrogens with zero attached hydrogens (tertiary/aromatic N) is 1.